The van der Waals surface area contributed by atoms with Crippen LogP contribution < -0.4 is 0 Å². The minimum atomic E-state index is 0.0159. The van der Waals surface area contributed by atoms with Gasteiger partial charge in [-0.05, 0) is 81.0 Å². The van der Waals surface area contributed by atoms with Gasteiger partial charge in [0.15, 0.2) is 0 Å². The van der Waals surface area contributed by atoms with Crippen molar-refractivity contribution >= 4 is 40.4 Å². The van der Waals surface area contributed by atoms with Crippen molar-refractivity contribution in [3.05, 3.63) is 179 Å². The van der Waals surface area contributed by atoms with Crippen LogP contribution in [-0.4, -0.2) is 18.3 Å². The van der Waals surface area contributed by atoms with Crippen LogP contribution in [0.4, 0.5) is 5.69 Å². The molecule has 0 spiro atoms. The molecule has 1 saturated carbocycles. The number of rotatable bonds is 10. The molecule has 0 aromatic heterocycles. The molecular weight excluding hydrogens is 811 g/mol. The van der Waals surface area contributed by atoms with E-state index in [9.17, 15) is 0 Å². The molecule has 5 aromatic rings. The van der Waals surface area contributed by atoms with Crippen LogP contribution in [0.1, 0.15) is 104 Å². The van der Waals surface area contributed by atoms with Gasteiger partial charge in [0.05, 0.1) is 5.69 Å². The first kappa shape index (κ1) is 38.9. The van der Waals surface area contributed by atoms with Crippen LogP contribution in [0.5, 0.6) is 0 Å². The Balaban J connectivity index is 0.00000150. The molecule has 1 aliphatic carbocycles. The predicted molar refractivity (Wildman–Crippen MR) is 225 cm³/mol. The summed E-state index contributed by atoms with van der Waals surface area (Å²) in [5.41, 5.74) is 8.17. The molecule has 0 radical (unpaired) electrons. The Bertz CT molecular complexity index is 1740. The fraction of sp³-hybridized carbons (Fsp3) is 0.340. The van der Waals surface area contributed by atoms with E-state index in [-0.39, 0.29) is 11.5 Å². The summed E-state index contributed by atoms with van der Waals surface area (Å²) in [5, 5.41) is 5.43. The minimum absolute atomic E-state index is 0.0159. The zero-order chi connectivity index (χ0) is 36.5. The Hall–Kier alpha value is -2.82. The van der Waals surface area contributed by atoms with Gasteiger partial charge in [0, 0.05) is 0 Å². The van der Waals surface area contributed by atoms with Gasteiger partial charge in [-0.15, -0.1) is 6.04 Å². The Morgan fingerprint density at radius 3 is 1.48 bits per heavy atom. The van der Waals surface area contributed by atoms with E-state index in [1.165, 1.54) is 38.7 Å². The number of nitrogens with zero attached hydrogens (tertiary/aromatic N) is 2. The summed E-state index contributed by atoms with van der Waals surface area (Å²) in [5.74, 6) is 2.21. The van der Waals surface area contributed by atoms with Gasteiger partial charge in [-0.3, -0.25) is 4.99 Å². The molecular formula is C47H51Br2N2Ni. The standard InChI is InChI=1S/C47H51N2.2BrH.Ni/c1-33(2)40-27-17-18-28-41(40)48-32-39-30-29-38(49-39)31-47(3,4)46-44(36-23-13-7-14-24-36)42(34-19-9-5-10-20-34)43(35-21-11-6-12-22-35)45(46)37-25-15-8-16-26-37;;;/h5-28,32-33,38-39,42-46H,29-31H2,1-4H3;2*1H;/q-1;;;+3/p-2. The monoisotopic (exact) mass is 859 g/mol. The third kappa shape index (κ3) is 9.10. The number of benzene rings is 5. The first-order chi connectivity index (χ1) is 25.3. The summed E-state index contributed by atoms with van der Waals surface area (Å²) >= 11 is 6.00. The van der Waals surface area contributed by atoms with Crippen molar-refractivity contribution < 1.29 is 10.9 Å². The molecule has 6 atom stereocenters. The van der Waals surface area contributed by atoms with E-state index in [2.05, 4.69) is 208 Å². The molecule has 2 aliphatic rings. The SMILES string of the molecule is CC(C)c1ccccc1N=CC1CCC(CC(C)(C)C2C(c3ccccc3)C(c3ccccc3)C(c3ccccc3)C2c2ccccc2)[N-]1.[Br][Ni+][Br]. The Morgan fingerprint density at radius 2 is 1.04 bits per heavy atom. The van der Waals surface area contributed by atoms with Gasteiger partial charge in [-0.25, -0.2) is 0 Å². The third-order valence-corrected chi connectivity index (χ3v) is 11.5. The normalized spacial score (nSPS) is 24.6. The van der Waals surface area contributed by atoms with E-state index in [1.807, 2.05) is 0 Å². The molecule has 1 aliphatic heterocycles. The van der Waals surface area contributed by atoms with Crippen LogP contribution in [-0.2, 0) is 10.9 Å². The van der Waals surface area contributed by atoms with Crippen molar-refractivity contribution in [3.8, 4) is 0 Å². The summed E-state index contributed by atoms with van der Waals surface area (Å²) < 4.78 is 0. The molecule has 273 valence electrons. The maximum atomic E-state index is 5.43. The fourth-order valence-electron chi connectivity index (χ4n) is 9.50. The molecule has 0 N–H and O–H groups in total. The van der Waals surface area contributed by atoms with Gasteiger partial charge < -0.3 is 5.32 Å². The predicted octanol–water partition coefficient (Wildman–Crippen LogP) is 14.3. The van der Waals surface area contributed by atoms with E-state index in [4.69, 9.17) is 10.3 Å². The second-order valence-electron chi connectivity index (χ2n) is 15.4. The molecule has 52 heavy (non-hydrogen) atoms. The van der Waals surface area contributed by atoms with E-state index in [0.29, 0.717) is 41.5 Å². The zero-order valence-electron chi connectivity index (χ0n) is 30.6. The molecule has 5 heteroatoms. The van der Waals surface area contributed by atoms with Crippen molar-refractivity contribution in [2.75, 3.05) is 0 Å². The Labute approximate surface area is 332 Å². The number of hydrogen-bond acceptors (Lipinski definition) is 1. The molecule has 6 unspecified atom stereocenters. The van der Waals surface area contributed by atoms with E-state index in [1.54, 1.807) is 0 Å². The first-order valence-electron chi connectivity index (χ1n) is 18.7. The van der Waals surface area contributed by atoms with Crippen molar-refractivity contribution in [3.63, 3.8) is 0 Å². The van der Waals surface area contributed by atoms with Crippen molar-refractivity contribution in [1.82, 2.24) is 0 Å². The van der Waals surface area contributed by atoms with Crippen molar-refractivity contribution in [2.24, 2.45) is 16.3 Å². The summed E-state index contributed by atoms with van der Waals surface area (Å²) in [6.07, 6.45) is 5.39. The van der Waals surface area contributed by atoms with Crippen LogP contribution in [0.3, 0.4) is 0 Å². The zero-order valence-corrected chi connectivity index (χ0v) is 34.8. The van der Waals surface area contributed by atoms with Gasteiger partial charge >= 0.3 is 39.3 Å². The molecule has 5 aromatic carbocycles. The maximum absolute atomic E-state index is 5.43. The van der Waals surface area contributed by atoms with Crippen LogP contribution in [0, 0.1) is 11.3 Å². The van der Waals surface area contributed by atoms with E-state index < -0.39 is 0 Å². The van der Waals surface area contributed by atoms with Gasteiger partial charge in [0.2, 0.25) is 0 Å². The fourth-order valence-corrected chi connectivity index (χ4v) is 9.50. The van der Waals surface area contributed by atoms with Gasteiger partial charge in [-0.1, -0.05) is 193 Å². The second-order valence-corrected chi connectivity index (χ2v) is 20.4. The number of aliphatic imine (C=N–C) groups is 1. The molecule has 1 heterocycles. The molecule has 2 nitrogen and oxygen atoms in total. The summed E-state index contributed by atoms with van der Waals surface area (Å²) in [7, 11) is 1.25. The summed E-state index contributed by atoms with van der Waals surface area (Å²) in [6, 6.07) is 54.6. The Morgan fingerprint density at radius 1 is 0.635 bits per heavy atom. The molecule has 2 fully saturated rings. The van der Waals surface area contributed by atoms with Crippen LogP contribution >= 0.6 is 28.5 Å². The molecule has 0 bridgehead atoms. The molecule has 0 amide bonds. The number of halogens is 2. The summed E-state index contributed by atoms with van der Waals surface area (Å²) in [6.45, 7) is 9.58. The first-order valence-corrected chi connectivity index (χ1v) is 23.6. The number of hydrogen-bond donors (Lipinski definition) is 0. The topological polar surface area (TPSA) is 26.5 Å². The number of para-hydroxylation sites is 1. The van der Waals surface area contributed by atoms with E-state index >= 15 is 0 Å². The second kappa shape index (κ2) is 18.5. The Kier molecular flexibility index (Phi) is 13.8. The van der Waals surface area contributed by atoms with Gasteiger partial charge in [0.25, 0.3) is 0 Å². The molecule has 7 rings (SSSR count). The van der Waals surface area contributed by atoms with E-state index in [0.717, 1.165) is 24.9 Å². The van der Waals surface area contributed by atoms with Crippen molar-refractivity contribution in [1.29, 1.82) is 0 Å². The van der Waals surface area contributed by atoms with Crippen LogP contribution in [0.2, 0.25) is 0 Å². The molecule has 1 saturated heterocycles. The van der Waals surface area contributed by atoms with Gasteiger partial charge in [0.1, 0.15) is 0 Å². The summed E-state index contributed by atoms with van der Waals surface area (Å²) in [4.78, 5) is 4.99. The van der Waals surface area contributed by atoms with Crippen LogP contribution in [0.15, 0.2) is 151 Å². The van der Waals surface area contributed by atoms with Crippen LogP contribution in [0.25, 0.3) is 5.32 Å². The van der Waals surface area contributed by atoms with Crippen molar-refractivity contribution in [2.45, 2.75) is 88.6 Å². The average Bonchev–Trinajstić information content (AvgIpc) is 3.78. The average molecular weight is 862 g/mol. The quantitative estimate of drug-likeness (QED) is 0.0988. The third-order valence-electron chi connectivity index (χ3n) is 11.5. The van der Waals surface area contributed by atoms with Gasteiger partial charge in [-0.2, -0.15) is 0 Å².